The van der Waals surface area contributed by atoms with Crippen LogP contribution in [0.15, 0.2) is 0 Å². The Labute approximate surface area is 69.4 Å². The number of rotatable bonds is 1. The van der Waals surface area contributed by atoms with E-state index in [1.165, 1.54) is 0 Å². The molecule has 0 unspecified atom stereocenters. The zero-order valence-corrected chi connectivity index (χ0v) is 8.03. The molecular formula is C9H19NO. The van der Waals surface area contributed by atoms with E-state index in [-0.39, 0.29) is 11.4 Å². The molecule has 0 aliphatic carbocycles. The molecule has 1 fully saturated rings. The monoisotopic (exact) mass is 157 g/mol. The molecule has 1 atom stereocenters. The minimum absolute atomic E-state index is 0.108. The lowest BCUT2D eigenvalue weighted by molar-refractivity contribution is -0.119. The van der Waals surface area contributed by atoms with Crippen molar-refractivity contribution in [2.75, 3.05) is 0 Å². The summed E-state index contributed by atoms with van der Waals surface area (Å²) >= 11 is 0. The van der Waals surface area contributed by atoms with E-state index < -0.39 is 0 Å². The van der Waals surface area contributed by atoms with Crippen molar-refractivity contribution >= 4 is 5.91 Å². The molecule has 0 radical (unpaired) electrons. The van der Waals surface area contributed by atoms with Crippen LogP contribution in [0.3, 0.4) is 0 Å². The van der Waals surface area contributed by atoms with Gasteiger partial charge in [-0.15, -0.1) is 0 Å². The van der Waals surface area contributed by atoms with Crippen LogP contribution in [0.1, 0.15) is 47.0 Å². The first-order valence-electron chi connectivity index (χ1n) is 4.47. The molecule has 2 nitrogen and oxygen atoms in total. The first-order chi connectivity index (χ1) is 5.16. The second-order valence-electron chi connectivity index (χ2n) is 2.96. The number of hydrogen-bond acceptors (Lipinski definition) is 1. The molecule has 0 aromatic carbocycles. The van der Waals surface area contributed by atoms with Crippen LogP contribution in [-0.2, 0) is 4.79 Å². The van der Waals surface area contributed by atoms with Crippen LogP contribution in [0.2, 0.25) is 0 Å². The van der Waals surface area contributed by atoms with Crippen LogP contribution < -0.4 is 5.32 Å². The highest BCUT2D eigenvalue weighted by atomic mass is 16.2. The van der Waals surface area contributed by atoms with Gasteiger partial charge in [-0.3, -0.25) is 4.79 Å². The average molecular weight is 157 g/mol. The van der Waals surface area contributed by atoms with E-state index in [1.54, 1.807) is 0 Å². The van der Waals surface area contributed by atoms with Gasteiger partial charge in [-0.1, -0.05) is 20.8 Å². The molecular weight excluding hydrogens is 138 g/mol. The van der Waals surface area contributed by atoms with E-state index in [0.29, 0.717) is 6.42 Å². The predicted molar refractivity (Wildman–Crippen MR) is 47.4 cm³/mol. The van der Waals surface area contributed by atoms with Gasteiger partial charge in [-0.25, -0.2) is 0 Å². The summed E-state index contributed by atoms with van der Waals surface area (Å²) in [6, 6.07) is 0. The van der Waals surface area contributed by atoms with E-state index in [0.717, 1.165) is 12.8 Å². The van der Waals surface area contributed by atoms with Crippen LogP contribution in [0.5, 0.6) is 0 Å². The fourth-order valence-electron chi connectivity index (χ4n) is 1.12. The first-order valence-corrected chi connectivity index (χ1v) is 4.47. The maximum absolute atomic E-state index is 10.7. The quantitative estimate of drug-likeness (QED) is 0.620. The third kappa shape index (κ3) is 2.91. The Morgan fingerprint density at radius 2 is 2.09 bits per heavy atom. The number of carbonyl (C=O) groups excluding carboxylic acids is 1. The third-order valence-corrected chi connectivity index (χ3v) is 2.13. The Morgan fingerprint density at radius 1 is 1.55 bits per heavy atom. The van der Waals surface area contributed by atoms with E-state index >= 15 is 0 Å². The van der Waals surface area contributed by atoms with Crippen molar-refractivity contribution in [2.45, 2.75) is 52.5 Å². The summed E-state index contributed by atoms with van der Waals surface area (Å²) in [7, 11) is 0. The van der Waals surface area contributed by atoms with Crippen LogP contribution in [-0.4, -0.2) is 11.4 Å². The zero-order chi connectivity index (χ0) is 8.91. The smallest absolute Gasteiger partial charge is 0.220 e. The number of carbonyl (C=O) groups is 1. The lowest BCUT2D eigenvalue weighted by atomic mass is 9.98. The van der Waals surface area contributed by atoms with Gasteiger partial charge in [0.15, 0.2) is 0 Å². The molecule has 0 bridgehead atoms. The van der Waals surface area contributed by atoms with Crippen LogP contribution in [0.25, 0.3) is 0 Å². The van der Waals surface area contributed by atoms with E-state index in [2.05, 4.69) is 19.2 Å². The van der Waals surface area contributed by atoms with Crippen molar-refractivity contribution in [1.29, 1.82) is 0 Å². The Balaban J connectivity index is 0.000000461. The minimum atomic E-state index is 0.108. The van der Waals surface area contributed by atoms with Crippen molar-refractivity contribution in [3.63, 3.8) is 0 Å². The highest BCUT2D eigenvalue weighted by molar-refractivity contribution is 5.79. The highest BCUT2D eigenvalue weighted by Crippen LogP contribution is 2.21. The third-order valence-electron chi connectivity index (χ3n) is 2.13. The second kappa shape index (κ2) is 4.37. The maximum atomic E-state index is 10.7. The number of nitrogens with one attached hydrogen (secondary N) is 1. The van der Waals surface area contributed by atoms with Gasteiger partial charge in [0.25, 0.3) is 0 Å². The molecule has 1 amide bonds. The summed E-state index contributed by atoms with van der Waals surface area (Å²) in [5.41, 5.74) is 0.108. The summed E-state index contributed by atoms with van der Waals surface area (Å²) in [4.78, 5) is 10.7. The number of hydrogen-bond donors (Lipinski definition) is 1. The van der Waals surface area contributed by atoms with Crippen molar-refractivity contribution in [1.82, 2.24) is 5.32 Å². The molecule has 0 spiro atoms. The van der Waals surface area contributed by atoms with Crippen molar-refractivity contribution < 1.29 is 4.79 Å². The van der Waals surface area contributed by atoms with Gasteiger partial charge in [0.1, 0.15) is 0 Å². The highest BCUT2D eigenvalue weighted by Gasteiger charge is 2.30. The van der Waals surface area contributed by atoms with Crippen LogP contribution >= 0.6 is 0 Å². The molecule has 0 aromatic rings. The van der Waals surface area contributed by atoms with Crippen molar-refractivity contribution in [2.24, 2.45) is 0 Å². The van der Waals surface area contributed by atoms with E-state index in [4.69, 9.17) is 0 Å². The molecule has 1 aliphatic heterocycles. The average Bonchev–Trinajstić information content (AvgIpc) is 2.37. The second-order valence-corrected chi connectivity index (χ2v) is 2.96. The lowest BCUT2D eigenvalue weighted by Crippen LogP contribution is -2.37. The maximum Gasteiger partial charge on any atom is 0.220 e. The van der Waals surface area contributed by atoms with Crippen LogP contribution in [0.4, 0.5) is 0 Å². The normalized spacial score (nSPS) is 28.9. The van der Waals surface area contributed by atoms with Crippen molar-refractivity contribution in [3.8, 4) is 0 Å². The van der Waals surface area contributed by atoms with Gasteiger partial charge < -0.3 is 5.32 Å². The minimum Gasteiger partial charge on any atom is -0.351 e. The fourth-order valence-corrected chi connectivity index (χ4v) is 1.12. The molecule has 1 aliphatic rings. The Hall–Kier alpha value is -0.530. The summed E-state index contributed by atoms with van der Waals surface area (Å²) in [5, 5.41) is 2.94. The fraction of sp³-hybridized carbons (Fsp3) is 0.889. The predicted octanol–water partition coefficient (Wildman–Crippen LogP) is 2.09. The Kier molecular flexibility index (Phi) is 4.16. The Bertz CT molecular complexity index is 134. The van der Waals surface area contributed by atoms with Crippen molar-refractivity contribution in [3.05, 3.63) is 0 Å². The molecule has 1 saturated heterocycles. The summed E-state index contributed by atoms with van der Waals surface area (Å²) < 4.78 is 0. The van der Waals surface area contributed by atoms with Gasteiger partial charge in [0.05, 0.1) is 0 Å². The molecule has 1 N–H and O–H groups in total. The SMILES string of the molecule is CC.CC[C@]1(C)CCC(=O)N1. The summed E-state index contributed by atoms with van der Waals surface area (Å²) in [6.07, 6.45) is 2.76. The number of amides is 1. The van der Waals surface area contributed by atoms with Gasteiger partial charge in [-0.05, 0) is 19.8 Å². The van der Waals surface area contributed by atoms with Gasteiger partial charge in [-0.2, -0.15) is 0 Å². The summed E-state index contributed by atoms with van der Waals surface area (Å²) in [6.45, 7) is 8.20. The lowest BCUT2D eigenvalue weighted by Gasteiger charge is -2.20. The topological polar surface area (TPSA) is 29.1 Å². The van der Waals surface area contributed by atoms with Gasteiger partial charge in [0.2, 0.25) is 5.91 Å². The van der Waals surface area contributed by atoms with E-state index in [9.17, 15) is 4.79 Å². The Morgan fingerprint density at radius 3 is 2.27 bits per heavy atom. The molecule has 11 heavy (non-hydrogen) atoms. The zero-order valence-electron chi connectivity index (χ0n) is 8.03. The van der Waals surface area contributed by atoms with Gasteiger partial charge >= 0.3 is 0 Å². The molecule has 66 valence electrons. The first kappa shape index (κ1) is 10.5. The van der Waals surface area contributed by atoms with Crippen LogP contribution in [0, 0.1) is 0 Å². The molecule has 1 heterocycles. The molecule has 2 heteroatoms. The molecule has 1 rings (SSSR count). The van der Waals surface area contributed by atoms with E-state index in [1.807, 2.05) is 13.8 Å². The molecule has 0 saturated carbocycles. The van der Waals surface area contributed by atoms with Gasteiger partial charge in [0, 0.05) is 12.0 Å². The largest absolute Gasteiger partial charge is 0.351 e. The summed E-state index contributed by atoms with van der Waals surface area (Å²) in [5.74, 6) is 0.208. The standard InChI is InChI=1S/C7H13NO.C2H6/c1-3-7(2)5-4-6(9)8-7;1-2/h3-5H2,1-2H3,(H,8,9);1-2H3/t7-;/m1./s1. The molecule has 0 aromatic heterocycles.